The van der Waals surface area contributed by atoms with Gasteiger partial charge in [-0.05, 0) is 49.4 Å². The summed E-state index contributed by atoms with van der Waals surface area (Å²) in [5, 5.41) is 7.08. The highest BCUT2D eigenvalue weighted by Crippen LogP contribution is 2.46. The number of methoxy groups -OCH3 is 1. The van der Waals surface area contributed by atoms with Gasteiger partial charge >= 0.3 is 0 Å². The van der Waals surface area contributed by atoms with Crippen LogP contribution in [0.15, 0.2) is 53.5 Å². The SMILES string of the molecule is CN=C(NCc1ccc(OC)cc1)NC1CC2(CCCC2)Oc2ccccc21. The van der Waals surface area contributed by atoms with E-state index in [0.717, 1.165) is 36.7 Å². The highest BCUT2D eigenvalue weighted by Gasteiger charge is 2.43. The van der Waals surface area contributed by atoms with Gasteiger partial charge in [0.15, 0.2) is 5.96 Å². The first-order chi connectivity index (χ1) is 13.7. The van der Waals surface area contributed by atoms with Crippen molar-refractivity contribution in [2.24, 2.45) is 4.99 Å². The van der Waals surface area contributed by atoms with Gasteiger partial charge in [0.2, 0.25) is 0 Å². The molecule has 2 aromatic carbocycles. The van der Waals surface area contributed by atoms with Gasteiger partial charge in [-0.15, -0.1) is 0 Å². The number of para-hydroxylation sites is 1. The van der Waals surface area contributed by atoms with E-state index in [0.29, 0.717) is 6.54 Å². The Hall–Kier alpha value is -2.69. The molecular weight excluding hydrogens is 350 g/mol. The third-order valence-electron chi connectivity index (χ3n) is 5.87. The van der Waals surface area contributed by atoms with Crippen LogP contribution in [0.25, 0.3) is 0 Å². The highest BCUT2D eigenvalue weighted by atomic mass is 16.5. The Labute approximate surface area is 167 Å². The van der Waals surface area contributed by atoms with Crippen LogP contribution in [0, 0.1) is 0 Å². The first-order valence-electron chi connectivity index (χ1n) is 10.1. The lowest BCUT2D eigenvalue weighted by Crippen LogP contribution is -2.46. The van der Waals surface area contributed by atoms with Crippen LogP contribution in [0.2, 0.25) is 0 Å². The molecule has 1 aliphatic heterocycles. The molecule has 4 rings (SSSR count). The molecule has 5 heteroatoms. The maximum Gasteiger partial charge on any atom is 0.191 e. The average molecular weight is 380 g/mol. The van der Waals surface area contributed by atoms with Crippen LogP contribution in [0.1, 0.15) is 49.3 Å². The first-order valence-corrected chi connectivity index (χ1v) is 10.1. The quantitative estimate of drug-likeness (QED) is 0.618. The summed E-state index contributed by atoms with van der Waals surface area (Å²) in [6.07, 6.45) is 5.75. The van der Waals surface area contributed by atoms with Crippen LogP contribution in [0.5, 0.6) is 11.5 Å². The number of ether oxygens (including phenoxy) is 2. The predicted molar refractivity (Wildman–Crippen MR) is 112 cm³/mol. The van der Waals surface area contributed by atoms with Crippen molar-refractivity contribution < 1.29 is 9.47 Å². The van der Waals surface area contributed by atoms with Crippen molar-refractivity contribution >= 4 is 5.96 Å². The van der Waals surface area contributed by atoms with Gasteiger partial charge in [0.25, 0.3) is 0 Å². The largest absolute Gasteiger partial charge is 0.497 e. The van der Waals surface area contributed by atoms with E-state index in [9.17, 15) is 0 Å². The topological polar surface area (TPSA) is 54.9 Å². The summed E-state index contributed by atoms with van der Waals surface area (Å²) in [6.45, 7) is 0.708. The minimum Gasteiger partial charge on any atom is -0.497 e. The Morgan fingerprint density at radius 2 is 1.89 bits per heavy atom. The van der Waals surface area contributed by atoms with Gasteiger partial charge in [-0.25, -0.2) is 0 Å². The molecule has 2 N–H and O–H groups in total. The van der Waals surface area contributed by atoms with Crippen LogP contribution in [-0.2, 0) is 6.54 Å². The fourth-order valence-electron chi connectivity index (χ4n) is 4.36. The van der Waals surface area contributed by atoms with Crippen LogP contribution in [0.3, 0.4) is 0 Å². The third-order valence-corrected chi connectivity index (χ3v) is 5.87. The standard InChI is InChI=1S/C23H29N3O2/c1-24-22(25-16-17-9-11-18(27-2)12-10-17)26-20-15-23(13-5-6-14-23)28-21-8-4-3-7-19(20)21/h3-4,7-12,20H,5-6,13-16H2,1-2H3,(H2,24,25,26). The lowest BCUT2D eigenvalue weighted by molar-refractivity contribution is 0.0396. The smallest absolute Gasteiger partial charge is 0.191 e. The molecule has 148 valence electrons. The lowest BCUT2D eigenvalue weighted by Gasteiger charge is -2.40. The summed E-state index contributed by atoms with van der Waals surface area (Å²) in [5.74, 6) is 2.69. The zero-order chi connectivity index (χ0) is 19.4. The first kappa shape index (κ1) is 18.7. The molecule has 1 unspecified atom stereocenters. The molecule has 1 fully saturated rings. The summed E-state index contributed by atoms with van der Waals surface area (Å²) >= 11 is 0. The summed E-state index contributed by atoms with van der Waals surface area (Å²) < 4.78 is 11.7. The second-order valence-corrected chi connectivity index (χ2v) is 7.70. The second-order valence-electron chi connectivity index (χ2n) is 7.70. The molecular formula is C23H29N3O2. The van der Waals surface area contributed by atoms with Gasteiger partial charge in [-0.3, -0.25) is 4.99 Å². The Morgan fingerprint density at radius 3 is 2.61 bits per heavy atom. The monoisotopic (exact) mass is 379 g/mol. The number of aliphatic imine (C=N–C) groups is 1. The predicted octanol–water partition coefficient (Wildman–Crippen LogP) is 4.20. The Balaban J connectivity index is 1.46. The van der Waals surface area contributed by atoms with Gasteiger partial charge < -0.3 is 20.1 Å². The van der Waals surface area contributed by atoms with Gasteiger partial charge in [-0.1, -0.05) is 30.3 Å². The maximum atomic E-state index is 6.46. The van der Waals surface area contributed by atoms with E-state index in [1.165, 1.54) is 24.0 Å². The summed E-state index contributed by atoms with van der Waals surface area (Å²) in [7, 11) is 3.50. The lowest BCUT2D eigenvalue weighted by atomic mass is 9.86. The number of hydrogen-bond donors (Lipinski definition) is 2. The minimum atomic E-state index is -0.0269. The number of guanidine groups is 1. The van der Waals surface area contributed by atoms with E-state index in [1.807, 2.05) is 19.2 Å². The third kappa shape index (κ3) is 3.93. The summed E-state index contributed by atoms with van der Waals surface area (Å²) in [6, 6.07) is 16.7. The molecule has 28 heavy (non-hydrogen) atoms. The molecule has 2 aliphatic rings. The zero-order valence-electron chi connectivity index (χ0n) is 16.7. The van der Waals surface area contributed by atoms with Gasteiger partial charge in [0, 0.05) is 25.6 Å². The number of rotatable bonds is 4. The number of nitrogens with one attached hydrogen (secondary N) is 2. The van der Waals surface area contributed by atoms with Crippen LogP contribution >= 0.6 is 0 Å². The number of hydrogen-bond acceptors (Lipinski definition) is 3. The van der Waals surface area contributed by atoms with Crippen molar-refractivity contribution in [3.63, 3.8) is 0 Å². The van der Waals surface area contributed by atoms with Crippen LogP contribution in [0.4, 0.5) is 0 Å². The molecule has 2 aromatic rings. The molecule has 0 amide bonds. The fourth-order valence-corrected chi connectivity index (χ4v) is 4.36. The van der Waals surface area contributed by atoms with Gasteiger partial charge in [0.1, 0.15) is 17.1 Å². The van der Waals surface area contributed by atoms with E-state index < -0.39 is 0 Å². The van der Waals surface area contributed by atoms with Crippen LogP contribution < -0.4 is 20.1 Å². The molecule has 0 bridgehead atoms. The molecule has 0 saturated heterocycles. The van der Waals surface area contributed by atoms with Gasteiger partial charge in [-0.2, -0.15) is 0 Å². The molecule has 0 radical (unpaired) electrons. The number of fused-ring (bicyclic) bond motifs is 1. The van der Waals surface area contributed by atoms with E-state index in [4.69, 9.17) is 9.47 Å². The van der Waals surface area contributed by atoms with Crippen molar-refractivity contribution in [1.82, 2.24) is 10.6 Å². The summed E-state index contributed by atoms with van der Waals surface area (Å²) in [5.41, 5.74) is 2.37. The maximum absolute atomic E-state index is 6.46. The van der Waals surface area contributed by atoms with Crippen LogP contribution in [-0.4, -0.2) is 25.7 Å². The molecule has 0 aromatic heterocycles. The highest BCUT2D eigenvalue weighted by molar-refractivity contribution is 5.80. The Kier molecular flexibility index (Phi) is 5.42. The van der Waals surface area contributed by atoms with E-state index in [-0.39, 0.29) is 11.6 Å². The van der Waals surface area contributed by atoms with Crippen molar-refractivity contribution in [3.05, 3.63) is 59.7 Å². The number of nitrogens with zero attached hydrogens (tertiary/aromatic N) is 1. The van der Waals surface area contributed by atoms with Crippen molar-refractivity contribution in [3.8, 4) is 11.5 Å². The molecule has 1 aliphatic carbocycles. The zero-order valence-corrected chi connectivity index (χ0v) is 16.7. The average Bonchev–Trinajstić information content (AvgIpc) is 3.18. The summed E-state index contributed by atoms with van der Waals surface area (Å²) in [4.78, 5) is 4.45. The van der Waals surface area contributed by atoms with E-state index in [1.54, 1.807) is 7.11 Å². The molecule has 1 heterocycles. The van der Waals surface area contributed by atoms with Crippen molar-refractivity contribution in [2.75, 3.05) is 14.2 Å². The molecule has 5 nitrogen and oxygen atoms in total. The normalized spacial score (nSPS) is 20.4. The molecule has 1 spiro atoms. The van der Waals surface area contributed by atoms with E-state index in [2.05, 4.69) is 52.0 Å². The number of benzene rings is 2. The Bertz CT molecular complexity index is 826. The van der Waals surface area contributed by atoms with Gasteiger partial charge in [0.05, 0.1) is 13.2 Å². The Morgan fingerprint density at radius 1 is 1.14 bits per heavy atom. The van der Waals surface area contributed by atoms with Crippen molar-refractivity contribution in [2.45, 2.75) is 50.3 Å². The van der Waals surface area contributed by atoms with E-state index >= 15 is 0 Å². The second kappa shape index (κ2) is 8.13. The minimum absolute atomic E-state index is 0.0269. The fraction of sp³-hybridized carbons (Fsp3) is 0.435. The van der Waals surface area contributed by atoms with Crippen molar-refractivity contribution in [1.29, 1.82) is 0 Å². The molecule has 1 saturated carbocycles. The molecule has 1 atom stereocenters.